The lowest BCUT2D eigenvalue weighted by Gasteiger charge is -2.05. The van der Waals surface area contributed by atoms with E-state index in [1.54, 1.807) is 48.5 Å². The van der Waals surface area contributed by atoms with Crippen LogP contribution >= 0.6 is 7.82 Å². The van der Waals surface area contributed by atoms with Crippen LogP contribution in [0.15, 0.2) is 58.3 Å². The Morgan fingerprint density at radius 3 is 1.30 bits per heavy atom. The van der Waals surface area contributed by atoms with Gasteiger partial charge in [-0.3, -0.25) is 4.52 Å². The number of hydrogen-bond acceptors (Lipinski definition) is 4. The molecule has 0 bridgehead atoms. The van der Waals surface area contributed by atoms with Gasteiger partial charge in [0.2, 0.25) is 9.84 Å². The highest BCUT2D eigenvalue weighted by molar-refractivity contribution is 7.91. The van der Waals surface area contributed by atoms with Crippen molar-refractivity contribution in [3.8, 4) is 0 Å². The summed E-state index contributed by atoms with van der Waals surface area (Å²) < 4.78 is 37.6. The van der Waals surface area contributed by atoms with Crippen LogP contribution in [0.4, 0.5) is 0 Å². The number of sulfone groups is 1. The first-order chi connectivity index (χ1) is 10.6. The molecule has 23 heavy (non-hydrogen) atoms. The maximum absolute atomic E-state index is 12.3. The van der Waals surface area contributed by atoms with Crippen LogP contribution in [0.5, 0.6) is 0 Å². The second-order valence-corrected chi connectivity index (χ2v) is 8.10. The van der Waals surface area contributed by atoms with E-state index in [-0.39, 0.29) is 0 Å². The lowest BCUT2D eigenvalue weighted by molar-refractivity contribution is 0.235. The van der Waals surface area contributed by atoms with Gasteiger partial charge in [0.25, 0.3) is 0 Å². The van der Waals surface area contributed by atoms with Crippen molar-refractivity contribution in [1.82, 2.24) is 0 Å². The molecular formula is C15H19O6PS. The first-order valence-electron chi connectivity index (χ1n) is 6.56. The Kier molecular flexibility index (Phi) is 6.68. The highest BCUT2D eigenvalue weighted by atomic mass is 32.2. The number of phosphoric ester groups is 1. The second-order valence-electron chi connectivity index (χ2n) is 4.80. The number of aryl methyl sites for hydroxylation is 2. The zero-order valence-electron chi connectivity index (χ0n) is 13.0. The third-order valence-corrected chi connectivity index (χ3v) is 5.16. The quantitative estimate of drug-likeness (QED) is 0.818. The third kappa shape index (κ3) is 6.25. The molecule has 2 rings (SSSR count). The fraction of sp³-hybridized carbons (Fsp3) is 0.200. The Hall–Kier alpha value is -1.50. The zero-order chi connectivity index (χ0) is 17.7. The Morgan fingerprint density at radius 2 is 1.09 bits per heavy atom. The Bertz CT molecular complexity index is 724. The molecule has 0 heterocycles. The molecule has 0 aliphatic carbocycles. The van der Waals surface area contributed by atoms with Crippen LogP contribution in [-0.2, 0) is 18.9 Å². The van der Waals surface area contributed by atoms with Crippen molar-refractivity contribution in [2.24, 2.45) is 0 Å². The summed E-state index contributed by atoms with van der Waals surface area (Å²) in [6.45, 7) is 3.87. The van der Waals surface area contributed by atoms with E-state index < -0.39 is 17.7 Å². The minimum atomic E-state index is -4.15. The van der Waals surface area contributed by atoms with Crippen LogP contribution in [0.1, 0.15) is 11.1 Å². The lowest BCUT2D eigenvalue weighted by Crippen LogP contribution is -2.01. The van der Waals surface area contributed by atoms with Crippen molar-refractivity contribution in [1.29, 1.82) is 0 Å². The largest absolute Gasteiger partial charge is 0.469 e. The van der Waals surface area contributed by atoms with Gasteiger partial charge in [0.15, 0.2) is 0 Å². The molecule has 2 aromatic rings. The van der Waals surface area contributed by atoms with Crippen molar-refractivity contribution in [2.75, 3.05) is 7.11 Å². The summed E-state index contributed by atoms with van der Waals surface area (Å²) in [5.74, 6) is 0. The molecule has 0 aliphatic heterocycles. The minimum Gasteiger partial charge on any atom is -0.303 e. The van der Waals surface area contributed by atoms with E-state index in [2.05, 4.69) is 4.52 Å². The van der Waals surface area contributed by atoms with Gasteiger partial charge in [-0.15, -0.1) is 0 Å². The Morgan fingerprint density at radius 1 is 0.826 bits per heavy atom. The molecule has 0 amide bonds. The van der Waals surface area contributed by atoms with Gasteiger partial charge in [0.05, 0.1) is 9.79 Å². The summed E-state index contributed by atoms with van der Waals surface area (Å²) in [7, 11) is -6.57. The third-order valence-electron chi connectivity index (χ3n) is 2.90. The van der Waals surface area contributed by atoms with Gasteiger partial charge in [-0.2, -0.15) is 0 Å². The molecule has 0 aromatic heterocycles. The Labute approximate surface area is 135 Å². The van der Waals surface area contributed by atoms with Gasteiger partial charge in [0.1, 0.15) is 0 Å². The summed E-state index contributed by atoms with van der Waals surface area (Å²) in [5, 5.41) is 0. The van der Waals surface area contributed by atoms with Crippen molar-refractivity contribution < 1.29 is 27.3 Å². The predicted molar refractivity (Wildman–Crippen MR) is 86.9 cm³/mol. The SMILES string of the molecule is COP(=O)(O)O.Cc1ccc(S(=O)(=O)c2ccc(C)cc2)cc1. The molecule has 126 valence electrons. The first-order valence-corrected chi connectivity index (χ1v) is 9.57. The molecule has 2 aromatic carbocycles. The smallest absolute Gasteiger partial charge is 0.303 e. The molecule has 0 fully saturated rings. The highest BCUT2D eigenvalue weighted by Gasteiger charge is 2.16. The number of hydrogen-bond donors (Lipinski definition) is 2. The second kappa shape index (κ2) is 7.86. The van der Waals surface area contributed by atoms with Gasteiger partial charge in [0, 0.05) is 7.11 Å². The summed E-state index contributed by atoms with van der Waals surface area (Å²) in [5.41, 5.74) is 2.10. The van der Waals surface area contributed by atoms with Gasteiger partial charge >= 0.3 is 7.82 Å². The molecule has 0 spiro atoms. The maximum atomic E-state index is 12.3. The summed E-state index contributed by atoms with van der Waals surface area (Å²) in [6, 6.07) is 13.8. The van der Waals surface area contributed by atoms with Crippen LogP contribution in [0.3, 0.4) is 0 Å². The Balaban J connectivity index is 0.000000379. The summed E-state index contributed by atoms with van der Waals surface area (Å²) in [4.78, 5) is 16.1. The maximum Gasteiger partial charge on any atom is 0.469 e. The molecule has 2 N–H and O–H groups in total. The van der Waals surface area contributed by atoms with Gasteiger partial charge in [-0.1, -0.05) is 35.4 Å². The monoisotopic (exact) mass is 358 g/mol. The zero-order valence-corrected chi connectivity index (χ0v) is 14.7. The van der Waals surface area contributed by atoms with E-state index >= 15 is 0 Å². The number of benzene rings is 2. The predicted octanol–water partition coefficient (Wildman–Crippen LogP) is 2.86. The average Bonchev–Trinajstić information content (AvgIpc) is 2.48. The molecule has 0 unspecified atom stereocenters. The van der Waals surface area contributed by atoms with Crippen LogP contribution in [0.25, 0.3) is 0 Å². The molecule has 0 saturated carbocycles. The molecule has 0 atom stereocenters. The van der Waals surface area contributed by atoms with Crippen molar-refractivity contribution in [2.45, 2.75) is 23.6 Å². The summed E-state index contributed by atoms with van der Waals surface area (Å²) in [6.07, 6.45) is 0. The minimum absolute atomic E-state index is 0.340. The molecule has 0 aliphatic rings. The normalized spacial score (nSPS) is 11.5. The summed E-state index contributed by atoms with van der Waals surface area (Å²) >= 11 is 0. The van der Waals surface area contributed by atoms with Crippen molar-refractivity contribution in [3.63, 3.8) is 0 Å². The van der Waals surface area contributed by atoms with Crippen LogP contribution < -0.4 is 0 Å². The molecular weight excluding hydrogens is 339 g/mol. The van der Waals surface area contributed by atoms with E-state index in [1.807, 2.05) is 13.8 Å². The molecule has 0 saturated heterocycles. The van der Waals surface area contributed by atoms with Gasteiger partial charge < -0.3 is 9.79 Å². The van der Waals surface area contributed by atoms with Gasteiger partial charge in [-0.05, 0) is 38.1 Å². The molecule has 6 nitrogen and oxygen atoms in total. The fourth-order valence-electron chi connectivity index (χ4n) is 1.57. The van der Waals surface area contributed by atoms with E-state index in [0.29, 0.717) is 9.79 Å². The lowest BCUT2D eigenvalue weighted by atomic mass is 10.2. The van der Waals surface area contributed by atoms with E-state index in [0.717, 1.165) is 18.2 Å². The number of rotatable bonds is 3. The topological polar surface area (TPSA) is 101 Å². The van der Waals surface area contributed by atoms with Crippen molar-refractivity contribution >= 4 is 17.7 Å². The molecule has 0 radical (unpaired) electrons. The van der Waals surface area contributed by atoms with E-state index in [9.17, 15) is 13.0 Å². The molecule has 8 heteroatoms. The van der Waals surface area contributed by atoms with Crippen LogP contribution in [0, 0.1) is 13.8 Å². The van der Waals surface area contributed by atoms with Crippen molar-refractivity contribution in [3.05, 3.63) is 59.7 Å². The highest BCUT2D eigenvalue weighted by Crippen LogP contribution is 2.33. The van der Waals surface area contributed by atoms with Gasteiger partial charge in [-0.25, -0.2) is 13.0 Å². The number of phosphoric acid groups is 1. The van der Waals surface area contributed by atoms with E-state index in [4.69, 9.17) is 9.79 Å². The van der Waals surface area contributed by atoms with E-state index in [1.165, 1.54) is 0 Å². The average molecular weight is 358 g/mol. The fourth-order valence-corrected chi connectivity index (χ4v) is 2.83. The standard InChI is InChI=1S/C14H14O2S.CH5O4P/c1-11-3-7-13(8-4-11)17(15,16)14-9-5-12(2)6-10-14;1-5-6(2,3)4/h3-10H,1-2H3;1H3,(H2,2,3,4). The van der Waals surface area contributed by atoms with Crippen LogP contribution in [0.2, 0.25) is 0 Å². The first kappa shape index (κ1) is 19.5. The van der Waals surface area contributed by atoms with Crippen LogP contribution in [-0.4, -0.2) is 25.3 Å².